The van der Waals surface area contributed by atoms with Crippen LogP contribution in [0.5, 0.6) is 0 Å². The number of carbonyl (C=O) groups is 2. The molecule has 0 spiro atoms. The minimum absolute atomic E-state index is 0.0979. The summed E-state index contributed by atoms with van der Waals surface area (Å²) >= 11 is 0. The van der Waals surface area contributed by atoms with Crippen molar-refractivity contribution in [2.24, 2.45) is 0 Å². The Morgan fingerprint density at radius 2 is 1.70 bits per heavy atom. The lowest BCUT2D eigenvalue weighted by atomic mass is 10.2. The van der Waals surface area contributed by atoms with E-state index in [2.05, 4.69) is 30.5 Å². The van der Waals surface area contributed by atoms with Crippen molar-refractivity contribution in [3.8, 4) is 0 Å². The molecule has 1 fully saturated rings. The number of piperazine rings is 1. The van der Waals surface area contributed by atoms with E-state index in [0.717, 1.165) is 11.4 Å². The smallest absolute Gasteiger partial charge is 0.407 e. The molecule has 3 heterocycles. The zero-order chi connectivity index (χ0) is 22.9. The lowest BCUT2D eigenvalue weighted by molar-refractivity contribution is -0.130. The van der Waals surface area contributed by atoms with Crippen LogP contribution in [0, 0.1) is 0 Å². The van der Waals surface area contributed by atoms with Gasteiger partial charge in [0, 0.05) is 38.4 Å². The maximum atomic E-state index is 12.5. The second-order valence-corrected chi connectivity index (χ2v) is 7.38. The molecule has 0 saturated carbocycles. The quantitative estimate of drug-likeness (QED) is 0.567. The van der Waals surface area contributed by atoms with Gasteiger partial charge in [0.25, 0.3) is 0 Å². The fourth-order valence-electron chi connectivity index (χ4n) is 3.37. The number of rotatable bonds is 7. The minimum Gasteiger partial charge on any atom is -0.445 e. The van der Waals surface area contributed by atoms with E-state index in [9.17, 15) is 9.59 Å². The number of anilines is 3. The first-order chi connectivity index (χ1) is 16.2. The van der Waals surface area contributed by atoms with Gasteiger partial charge in [0.05, 0.1) is 0 Å². The van der Waals surface area contributed by atoms with Crippen LogP contribution in [0.3, 0.4) is 0 Å². The molecule has 1 aromatic carbocycles. The summed E-state index contributed by atoms with van der Waals surface area (Å²) in [5.41, 5.74) is 0.887. The molecule has 0 aliphatic carbocycles. The molecule has 0 radical (unpaired) electrons. The average molecular weight is 447 g/mol. The van der Waals surface area contributed by atoms with Crippen LogP contribution in [0.2, 0.25) is 0 Å². The molecule has 2 amide bonds. The van der Waals surface area contributed by atoms with Crippen LogP contribution in [-0.2, 0) is 16.1 Å². The summed E-state index contributed by atoms with van der Waals surface area (Å²) in [5, 5.41) is 5.68. The van der Waals surface area contributed by atoms with Gasteiger partial charge < -0.3 is 25.2 Å². The molecular formula is C23H25N7O3. The van der Waals surface area contributed by atoms with Crippen LogP contribution in [-0.4, -0.2) is 64.6 Å². The van der Waals surface area contributed by atoms with Crippen LogP contribution in [0.25, 0.3) is 0 Å². The van der Waals surface area contributed by atoms with Crippen molar-refractivity contribution in [1.82, 2.24) is 25.2 Å². The van der Waals surface area contributed by atoms with Gasteiger partial charge in [-0.25, -0.2) is 19.7 Å². The Bertz CT molecular complexity index is 1060. The third-order valence-corrected chi connectivity index (χ3v) is 5.13. The Labute approximate surface area is 191 Å². The Morgan fingerprint density at radius 3 is 2.45 bits per heavy atom. The van der Waals surface area contributed by atoms with Crippen molar-refractivity contribution in [2.75, 3.05) is 42.9 Å². The Kier molecular flexibility index (Phi) is 7.26. The summed E-state index contributed by atoms with van der Waals surface area (Å²) in [6.45, 7) is 2.39. The van der Waals surface area contributed by atoms with Crippen molar-refractivity contribution in [2.45, 2.75) is 6.61 Å². The van der Waals surface area contributed by atoms with E-state index < -0.39 is 6.09 Å². The molecular weight excluding hydrogens is 422 g/mol. The Hall–Kier alpha value is -4.21. The highest BCUT2D eigenvalue weighted by Crippen LogP contribution is 2.18. The first-order valence-electron chi connectivity index (χ1n) is 10.6. The van der Waals surface area contributed by atoms with Gasteiger partial charge in [-0.05, 0) is 17.7 Å². The number of aromatic nitrogens is 3. The average Bonchev–Trinajstić information content (AvgIpc) is 2.87. The third-order valence-electron chi connectivity index (χ3n) is 5.13. The van der Waals surface area contributed by atoms with Crippen molar-refractivity contribution in [3.05, 3.63) is 72.7 Å². The zero-order valence-electron chi connectivity index (χ0n) is 18.1. The van der Waals surface area contributed by atoms with E-state index in [1.54, 1.807) is 11.1 Å². The largest absolute Gasteiger partial charge is 0.445 e. The van der Waals surface area contributed by atoms with Crippen molar-refractivity contribution in [3.63, 3.8) is 0 Å². The number of carbonyl (C=O) groups excluding carboxylic acids is 2. The van der Waals surface area contributed by atoms with Crippen LogP contribution in [0.4, 0.5) is 22.2 Å². The summed E-state index contributed by atoms with van der Waals surface area (Å²) in [5.74, 6) is 1.98. The van der Waals surface area contributed by atoms with Gasteiger partial charge in [-0.15, -0.1) is 0 Å². The van der Waals surface area contributed by atoms with Crippen molar-refractivity contribution >= 4 is 29.5 Å². The normalized spacial score (nSPS) is 13.3. The van der Waals surface area contributed by atoms with E-state index in [1.807, 2.05) is 54.6 Å². The predicted octanol–water partition coefficient (Wildman–Crippen LogP) is 2.19. The molecule has 1 saturated heterocycles. The molecule has 0 atom stereocenters. The van der Waals surface area contributed by atoms with E-state index >= 15 is 0 Å². The van der Waals surface area contributed by atoms with Crippen LogP contribution >= 0.6 is 0 Å². The number of amides is 2. The number of benzene rings is 1. The SMILES string of the molecule is O=C(NCC(=O)N1CCN(c2cc(Nc3ccccn3)ncn2)CC1)OCc1ccccc1. The number of hydrogen-bond donors (Lipinski definition) is 2. The number of alkyl carbamates (subject to hydrolysis) is 1. The molecule has 0 bridgehead atoms. The lowest BCUT2D eigenvalue weighted by Gasteiger charge is -2.35. The topological polar surface area (TPSA) is 113 Å². The summed E-state index contributed by atoms with van der Waals surface area (Å²) in [7, 11) is 0. The highest BCUT2D eigenvalue weighted by Gasteiger charge is 2.22. The number of nitrogens with zero attached hydrogens (tertiary/aromatic N) is 5. The van der Waals surface area contributed by atoms with Crippen molar-refractivity contribution < 1.29 is 14.3 Å². The number of nitrogens with one attached hydrogen (secondary N) is 2. The molecule has 33 heavy (non-hydrogen) atoms. The monoisotopic (exact) mass is 447 g/mol. The lowest BCUT2D eigenvalue weighted by Crippen LogP contribution is -2.51. The van der Waals surface area contributed by atoms with Crippen LogP contribution in [0.15, 0.2) is 67.1 Å². The molecule has 4 rings (SSSR count). The Morgan fingerprint density at radius 1 is 0.909 bits per heavy atom. The van der Waals surface area contributed by atoms with Gasteiger partial charge in [0.1, 0.15) is 36.9 Å². The molecule has 10 heteroatoms. The maximum Gasteiger partial charge on any atom is 0.407 e. The first-order valence-corrected chi connectivity index (χ1v) is 10.6. The van der Waals surface area contributed by atoms with E-state index in [4.69, 9.17) is 4.74 Å². The summed E-state index contributed by atoms with van der Waals surface area (Å²) in [4.78, 5) is 41.0. The molecule has 0 unspecified atom stereocenters. The van der Waals surface area contributed by atoms with Crippen LogP contribution < -0.4 is 15.5 Å². The van der Waals surface area contributed by atoms with Gasteiger partial charge in [-0.1, -0.05) is 36.4 Å². The number of hydrogen-bond acceptors (Lipinski definition) is 8. The van der Waals surface area contributed by atoms with E-state index in [1.165, 1.54) is 6.33 Å². The number of pyridine rings is 1. The second kappa shape index (κ2) is 10.9. The molecule has 2 aromatic heterocycles. The third kappa shape index (κ3) is 6.39. The Balaban J connectivity index is 1.21. The second-order valence-electron chi connectivity index (χ2n) is 7.38. The van der Waals surface area contributed by atoms with Crippen molar-refractivity contribution in [1.29, 1.82) is 0 Å². The maximum absolute atomic E-state index is 12.5. The molecule has 3 aromatic rings. The zero-order valence-corrected chi connectivity index (χ0v) is 18.1. The standard InChI is InChI=1S/C23H25N7O3/c31-22(15-25-23(32)33-16-18-6-2-1-3-7-18)30-12-10-29(11-13-30)21-14-20(26-17-27-21)28-19-8-4-5-9-24-19/h1-9,14,17H,10-13,15-16H2,(H,25,32)(H,24,26,27,28). The molecule has 1 aliphatic rings. The fraction of sp³-hybridized carbons (Fsp3) is 0.261. The molecule has 10 nitrogen and oxygen atoms in total. The summed E-state index contributed by atoms with van der Waals surface area (Å²) < 4.78 is 5.14. The highest BCUT2D eigenvalue weighted by molar-refractivity contribution is 5.82. The summed E-state index contributed by atoms with van der Waals surface area (Å²) in [6.07, 6.45) is 2.60. The van der Waals surface area contributed by atoms with Gasteiger partial charge in [0.2, 0.25) is 5.91 Å². The van der Waals surface area contributed by atoms with Gasteiger partial charge in [-0.3, -0.25) is 4.79 Å². The molecule has 1 aliphatic heterocycles. The van der Waals surface area contributed by atoms with Gasteiger partial charge >= 0.3 is 6.09 Å². The summed E-state index contributed by atoms with van der Waals surface area (Å²) in [6, 6.07) is 16.8. The van der Waals surface area contributed by atoms with Crippen LogP contribution in [0.1, 0.15) is 5.56 Å². The first kappa shape index (κ1) is 22.0. The van der Waals surface area contributed by atoms with E-state index in [0.29, 0.717) is 37.8 Å². The van der Waals surface area contributed by atoms with Gasteiger partial charge in [0.15, 0.2) is 0 Å². The van der Waals surface area contributed by atoms with Gasteiger partial charge in [-0.2, -0.15) is 0 Å². The number of ether oxygens (including phenoxy) is 1. The molecule has 170 valence electrons. The highest BCUT2D eigenvalue weighted by atomic mass is 16.5. The molecule has 2 N–H and O–H groups in total. The fourth-order valence-corrected chi connectivity index (χ4v) is 3.37. The van der Waals surface area contributed by atoms with E-state index in [-0.39, 0.29) is 19.1 Å². The minimum atomic E-state index is -0.611. The predicted molar refractivity (Wildman–Crippen MR) is 123 cm³/mol.